The molecule has 146 valence electrons. The van der Waals surface area contributed by atoms with Crippen molar-refractivity contribution in [3.8, 4) is 0 Å². The lowest BCUT2D eigenvalue weighted by Crippen LogP contribution is -2.47. The molecule has 2 N–H and O–H groups in total. The summed E-state index contributed by atoms with van der Waals surface area (Å²) in [5, 5.41) is 5.70. The molecule has 1 atom stereocenters. The van der Waals surface area contributed by atoms with E-state index in [0.717, 1.165) is 12.0 Å². The number of allylic oxidation sites excluding steroid dienone is 1. The van der Waals surface area contributed by atoms with Crippen molar-refractivity contribution >= 4 is 23.6 Å². The number of anilines is 1. The van der Waals surface area contributed by atoms with Crippen molar-refractivity contribution < 1.29 is 19.1 Å². The van der Waals surface area contributed by atoms with Gasteiger partial charge in [0.1, 0.15) is 0 Å². The molecule has 27 heavy (non-hydrogen) atoms. The highest BCUT2D eigenvalue weighted by Gasteiger charge is 2.35. The number of urea groups is 1. The van der Waals surface area contributed by atoms with Crippen molar-refractivity contribution in [3.05, 3.63) is 41.1 Å². The van der Waals surface area contributed by atoms with Gasteiger partial charge in [0.2, 0.25) is 5.91 Å². The molecule has 7 heteroatoms. The Morgan fingerprint density at radius 1 is 1.19 bits per heavy atom. The first-order chi connectivity index (χ1) is 12.9. The van der Waals surface area contributed by atoms with Crippen molar-refractivity contribution in [1.82, 2.24) is 10.2 Å². The molecule has 0 spiro atoms. The number of benzene rings is 1. The summed E-state index contributed by atoms with van der Waals surface area (Å²) in [5.41, 5.74) is 2.42. The van der Waals surface area contributed by atoms with Gasteiger partial charge >= 0.3 is 12.0 Å². The molecule has 0 fully saturated rings. The van der Waals surface area contributed by atoms with Gasteiger partial charge in [-0.1, -0.05) is 19.1 Å². The standard InChI is InChI=1S/C20H27N3O4/c1-5-8-16(24)21-15-11-9-14(10-12-15)18-17(19(25)27-7-3)13(4)23(6-2)20(26)22-18/h9-12,18H,5-8H2,1-4H3,(H,21,24)(H,22,26)/t18-/m1/s1. The summed E-state index contributed by atoms with van der Waals surface area (Å²) < 4.78 is 5.20. The zero-order valence-electron chi connectivity index (χ0n) is 16.3. The van der Waals surface area contributed by atoms with Crippen LogP contribution in [-0.2, 0) is 14.3 Å². The summed E-state index contributed by atoms with van der Waals surface area (Å²) in [6.45, 7) is 8.00. The number of esters is 1. The molecular formula is C20H27N3O4. The molecule has 0 aliphatic carbocycles. The molecule has 1 aromatic rings. The molecular weight excluding hydrogens is 346 g/mol. The van der Waals surface area contributed by atoms with Gasteiger partial charge in [-0.25, -0.2) is 9.59 Å². The summed E-state index contributed by atoms with van der Waals surface area (Å²) in [7, 11) is 0. The van der Waals surface area contributed by atoms with Gasteiger partial charge in [-0.05, 0) is 44.9 Å². The zero-order chi connectivity index (χ0) is 20.0. The predicted molar refractivity (Wildman–Crippen MR) is 103 cm³/mol. The molecule has 1 heterocycles. The lowest BCUT2D eigenvalue weighted by Gasteiger charge is -2.34. The van der Waals surface area contributed by atoms with E-state index >= 15 is 0 Å². The number of carbonyl (C=O) groups is 3. The summed E-state index contributed by atoms with van der Waals surface area (Å²) in [6, 6.07) is 6.26. The van der Waals surface area contributed by atoms with Crippen LogP contribution in [0.5, 0.6) is 0 Å². The van der Waals surface area contributed by atoms with Crippen LogP contribution in [0.25, 0.3) is 0 Å². The number of amides is 3. The fraction of sp³-hybridized carbons (Fsp3) is 0.450. The van der Waals surface area contributed by atoms with Crippen LogP contribution < -0.4 is 10.6 Å². The quantitative estimate of drug-likeness (QED) is 0.718. The molecule has 1 aliphatic rings. The minimum atomic E-state index is -0.597. The first-order valence-electron chi connectivity index (χ1n) is 9.28. The Morgan fingerprint density at radius 2 is 1.85 bits per heavy atom. The SMILES string of the molecule is CCCC(=O)Nc1ccc([C@H]2NC(=O)N(CC)C(C)=C2C(=O)OCC)cc1. The lowest BCUT2D eigenvalue weighted by molar-refractivity contribution is -0.139. The van der Waals surface area contributed by atoms with Crippen molar-refractivity contribution in [2.45, 2.75) is 46.6 Å². The number of hydrogen-bond donors (Lipinski definition) is 2. The molecule has 2 rings (SSSR count). The largest absolute Gasteiger partial charge is 0.463 e. The number of rotatable bonds is 7. The first kappa shape index (κ1) is 20.5. The minimum absolute atomic E-state index is 0.0437. The molecule has 0 radical (unpaired) electrons. The maximum Gasteiger partial charge on any atom is 0.338 e. The van der Waals surface area contributed by atoms with Crippen LogP contribution >= 0.6 is 0 Å². The van der Waals surface area contributed by atoms with E-state index in [1.54, 1.807) is 38.1 Å². The highest BCUT2D eigenvalue weighted by molar-refractivity contribution is 5.95. The van der Waals surface area contributed by atoms with E-state index in [-0.39, 0.29) is 18.5 Å². The molecule has 0 aromatic heterocycles. The normalized spacial score (nSPS) is 16.8. The predicted octanol–water partition coefficient (Wildman–Crippen LogP) is 3.35. The second-order valence-electron chi connectivity index (χ2n) is 6.27. The third kappa shape index (κ3) is 4.67. The van der Waals surface area contributed by atoms with Crippen molar-refractivity contribution in [3.63, 3.8) is 0 Å². The summed E-state index contributed by atoms with van der Waals surface area (Å²) >= 11 is 0. The van der Waals surface area contributed by atoms with Gasteiger partial charge in [-0.3, -0.25) is 9.69 Å². The number of carbonyl (C=O) groups excluding carboxylic acids is 3. The van der Waals surface area contributed by atoms with Gasteiger partial charge in [-0.2, -0.15) is 0 Å². The maximum absolute atomic E-state index is 12.5. The molecule has 0 saturated carbocycles. The lowest BCUT2D eigenvalue weighted by atomic mass is 9.94. The minimum Gasteiger partial charge on any atom is -0.463 e. The Morgan fingerprint density at radius 3 is 2.41 bits per heavy atom. The van der Waals surface area contributed by atoms with Gasteiger partial charge < -0.3 is 15.4 Å². The Hall–Kier alpha value is -2.83. The third-order valence-corrected chi connectivity index (χ3v) is 4.41. The van der Waals surface area contributed by atoms with Gasteiger partial charge in [0.25, 0.3) is 0 Å². The number of nitrogens with one attached hydrogen (secondary N) is 2. The monoisotopic (exact) mass is 373 g/mol. The van der Waals surface area contributed by atoms with Crippen LogP contribution in [0.2, 0.25) is 0 Å². The molecule has 3 amide bonds. The van der Waals surface area contributed by atoms with Gasteiger partial charge in [0.05, 0.1) is 18.2 Å². The first-order valence-corrected chi connectivity index (χ1v) is 9.28. The van der Waals surface area contributed by atoms with E-state index in [4.69, 9.17) is 4.74 Å². The highest BCUT2D eigenvalue weighted by Crippen LogP contribution is 2.31. The Balaban J connectivity index is 2.33. The van der Waals surface area contributed by atoms with Crippen LogP contribution in [0.4, 0.5) is 10.5 Å². The summed E-state index contributed by atoms with van der Waals surface area (Å²) in [4.78, 5) is 38.2. The van der Waals surface area contributed by atoms with Gasteiger partial charge in [0, 0.05) is 24.4 Å². The summed E-state index contributed by atoms with van der Waals surface area (Å²) in [5.74, 6) is -0.489. The smallest absolute Gasteiger partial charge is 0.338 e. The highest BCUT2D eigenvalue weighted by atomic mass is 16.5. The fourth-order valence-corrected chi connectivity index (χ4v) is 3.09. The topological polar surface area (TPSA) is 87.7 Å². The van der Waals surface area contributed by atoms with Gasteiger partial charge in [-0.15, -0.1) is 0 Å². The van der Waals surface area contributed by atoms with Crippen LogP contribution in [0.1, 0.15) is 52.1 Å². The van der Waals surface area contributed by atoms with Crippen molar-refractivity contribution in [2.75, 3.05) is 18.5 Å². The van der Waals surface area contributed by atoms with E-state index in [9.17, 15) is 14.4 Å². The Kier molecular flexibility index (Phi) is 6.98. The number of nitrogens with zero attached hydrogens (tertiary/aromatic N) is 1. The van der Waals surface area contributed by atoms with Crippen molar-refractivity contribution in [1.29, 1.82) is 0 Å². The van der Waals surface area contributed by atoms with Crippen LogP contribution in [0.3, 0.4) is 0 Å². The molecule has 1 aliphatic heterocycles. The van der Waals surface area contributed by atoms with Crippen LogP contribution in [0, 0.1) is 0 Å². The molecule has 0 saturated heterocycles. The van der Waals surface area contributed by atoms with E-state index < -0.39 is 12.0 Å². The fourth-order valence-electron chi connectivity index (χ4n) is 3.09. The van der Waals surface area contributed by atoms with Gasteiger partial charge in [0.15, 0.2) is 0 Å². The van der Waals surface area contributed by atoms with Crippen LogP contribution in [-0.4, -0.2) is 36.0 Å². The number of hydrogen-bond acceptors (Lipinski definition) is 4. The molecule has 0 unspecified atom stereocenters. The van der Waals surface area contributed by atoms with Crippen molar-refractivity contribution in [2.24, 2.45) is 0 Å². The van der Waals surface area contributed by atoms with E-state index in [1.807, 2.05) is 13.8 Å². The summed E-state index contributed by atoms with van der Waals surface area (Å²) in [6.07, 6.45) is 1.24. The molecule has 0 bridgehead atoms. The third-order valence-electron chi connectivity index (χ3n) is 4.41. The van der Waals surface area contributed by atoms with E-state index in [1.165, 1.54) is 4.90 Å². The second kappa shape index (κ2) is 9.21. The average Bonchev–Trinajstić information content (AvgIpc) is 2.62. The molecule has 1 aromatic carbocycles. The van der Waals surface area contributed by atoms with E-state index in [0.29, 0.717) is 29.9 Å². The molecule has 7 nitrogen and oxygen atoms in total. The maximum atomic E-state index is 12.5. The van der Waals surface area contributed by atoms with E-state index in [2.05, 4.69) is 10.6 Å². The Bertz CT molecular complexity index is 740. The average molecular weight is 373 g/mol. The zero-order valence-corrected chi connectivity index (χ0v) is 16.3. The number of ether oxygens (including phenoxy) is 1. The Labute approximate surface area is 159 Å². The van der Waals surface area contributed by atoms with Crippen LogP contribution in [0.15, 0.2) is 35.5 Å². The second-order valence-corrected chi connectivity index (χ2v) is 6.27.